The smallest absolute Gasteiger partial charge is 0.423 e. The van der Waals surface area contributed by atoms with Crippen molar-refractivity contribution in [2.24, 2.45) is 0 Å². The van der Waals surface area contributed by atoms with Crippen molar-refractivity contribution < 1.29 is 14.8 Å². The van der Waals surface area contributed by atoms with Crippen LogP contribution >= 0.6 is 0 Å². The van der Waals surface area contributed by atoms with Gasteiger partial charge >= 0.3 is 7.12 Å². The molecule has 1 fully saturated rings. The number of hydrogen-bond acceptors (Lipinski definition) is 5. The first kappa shape index (κ1) is 14.0. The third-order valence-electron chi connectivity index (χ3n) is 3.23. The molecule has 1 aliphatic heterocycles. The van der Waals surface area contributed by atoms with Crippen molar-refractivity contribution in [1.29, 1.82) is 0 Å². The number of likely N-dealkylation sites (N-methyl/N-ethyl adjacent to an activating group) is 1. The molecule has 1 amide bonds. The summed E-state index contributed by atoms with van der Waals surface area (Å²) >= 11 is 0. The monoisotopic (exact) mass is 263 g/mol. The number of benzene rings is 1. The lowest BCUT2D eigenvalue weighted by molar-refractivity contribution is 0.0662. The number of hydrazine groups is 1. The van der Waals surface area contributed by atoms with E-state index in [1.165, 1.54) is 12.1 Å². The molecule has 1 saturated heterocycles. The van der Waals surface area contributed by atoms with Gasteiger partial charge in [0, 0.05) is 31.7 Å². The molecule has 0 radical (unpaired) electrons. The molecule has 0 spiro atoms. The molecule has 2 rings (SSSR count). The van der Waals surface area contributed by atoms with Crippen LogP contribution in [0.5, 0.6) is 0 Å². The highest BCUT2D eigenvalue weighted by Crippen LogP contribution is 2.00. The van der Waals surface area contributed by atoms with Gasteiger partial charge in [-0.3, -0.25) is 10.2 Å². The number of amides is 1. The number of carbonyl (C=O) groups excluding carboxylic acids is 1. The molecule has 1 aromatic rings. The average molecular weight is 263 g/mol. The summed E-state index contributed by atoms with van der Waals surface area (Å²) in [4.78, 5) is 14.2. The highest BCUT2D eigenvalue weighted by atomic mass is 16.4. The van der Waals surface area contributed by atoms with E-state index in [4.69, 9.17) is 10.0 Å². The summed E-state index contributed by atoms with van der Waals surface area (Å²) in [5, 5.41) is 19.9. The fourth-order valence-electron chi connectivity index (χ4n) is 1.93. The van der Waals surface area contributed by atoms with E-state index in [0.29, 0.717) is 11.0 Å². The first-order valence-electron chi connectivity index (χ1n) is 6.27. The predicted molar refractivity (Wildman–Crippen MR) is 72.8 cm³/mol. The van der Waals surface area contributed by atoms with E-state index in [9.17, 15) is 4.79 Å². The van der Waals surface area contributed by atoms with Gasteiger partial charge in [0.1, 0.15) is 0 Å². The van der Waals surface area contributed by atoms with Crippen molar-refractivity contribution in [2.75, 3.05) is 33.2 Å². The number of piperazine rings is 1. The zero-order valence-electron chi connectivity index (χ0n) is 10.9. The summed E-state index contributed by atoms with van der Waals surface area (Å²) in [7, 11) is 0.549. The summed E-state index contributed by atoms with van der Waals surface area (Å²) < 4.78 is 0. The van der Waals surface area contributed by atoms with E-state index in [0.717, 1.165) is 26.2 Å². The molecule has 0 saturated carbocycles. The Labute approximate surface area is 112 Å². The first-order chi connectivity index (χ1) is 9.06. The van der Waals surface area contributed by atoms with Crippen LogP contribution in [-0.4, -0.2) is 66.2 Å². The summed E-state index contributed by atoms with van der Waals surface area (Å²) in [6, 6.07) is 6.23. The summed E-state index contributed by atoms with van der Waals surface area (Å²) in [5.74, 6) is -0.177. The van der Waals surface area contributed by atoms with Crippen molar-refractivity contribution in [2.45, 2.75) is 0 Å². The van der Waals surface area contributed by atoms with Gasteiger partial charge in [0.15, 0.2) is 0 Å². The van der Waals surface area contributed by atoms with Crippen molar-refractivity contribution in [3.63, 3.8) is 0 Å². The van der Waals surface area contributed by atoms with Crippen LogP contribution in [0.4, 0.5) is 0 Å². The normalized spacial score (nSPS) is 17.2. The molecule has 1 aliphatic rings. The van der Waals surface area contributed by atoms with Crippen LogP contribution < -0.4 is 10.9 Å². The van der Waals surface area contributed by atoms with Gasteiger partial charge in [-0.1, -0.05) is 12.1 Å². The second-order valence-corrected chi connectivity index (χ2v) is 4.73. The lowest BCUT2D eigenvalue weighted by Crippen LogP contribution is -2.52. The third-order valence-corrected chi connectivity index (χ3v) is 3.23. The van der Waals surface area contributed by atoms with E-state index in [2.05, 4.69) is 17.4 Å². The van der Waals surface area contributed by atoms with Gasteiger partial charge in [0.25, 0.3) is 5.91 Å². The molecule has 6 nitrogen and oxygen atoms in total. The van der Waals surface area contributed by atoms with E-state index < -0.39 is 7.12 Å². The summed E-state index contributed by atoms with van der Waals surface area (Å²) in [6.45, 7) is 3.46. The molecule has 102 valence electrons. The minimum atomic E-state index is -1.50. The minimum Gasteiger partial charge on any atom is -0.423 e. The van der Waals surface area contributed by atoms with Gasteiger partial charge in [0.05, 0.1) is 0 Å². The van der Waals surface area contributed by atoms with Gasteiger partial charge in [0.2, 0.25) is 0 Å². The Bertz CT molecular complexity index is 430. The molecule has 3 N–H and O–H groups in total. The summed E-state index contributed by atoms with van der Waals surface area (Å²) in [5.41, 5.74) is 3.72. The molecule has 7 heteroatoms. The Kier molecular flexibility index (Phi) is 4.54. The van der Waals surface area contributed by atoms with E-state index in [-0.39, 0.29) is 5.91 Å². The highest BCUT2D eigenvalue weighted by Gasteiger charge is 2.17. The fourth-order valence-corrected chi connectivity index (χ4v) is 1.93. The van der Waals surface area contributed by atoms with Gasteiger partial charge in [-0.25, -0.2) is 5.01 Å². The van der Waals surface area contributed by atoms with Crippen molar-refractivity contribution in [3.05, 3.63) is 29.8 Å². The Morgan fingerprint density at radius 3 is 2.26 bits per heavy atom. The standard InChI is InChI=1S/C12H18BN3O3/c1-15-6-8-16(9-7-15)14-12(17)10-2-4-11(5-3-10)13(18)19/h2-5,18-19H,6-9H2,1H3,(H,14,17). The Hall–Kier alpha value is -1.41. The maximum absolute atomic E-state index is 12.0. The van der Waals surface area contributed by atoms with E-state index >= 15 is 0 Å². The minimum absolute atomic E-state index is 0.177. The molecule has 0 aromatic heterocycles. The molecule has 0 bridgehead atoms. The van der Waals surface area contributed by atoms with Crippen LogP contribution in [0.3, 0.4) is 0 Å². The van der Waals surface area contributed by atoms with Crippen LogP contribution in [0, 0.1) is 0 Å². The Morgan fingerprint density at radius 2 is 1.74 bits per heavy atom. The largest absolute Gasteiger partial charge is 0.488 e. The van der Waals surface area contributed by atoms with Crippen molar-refractivity contribution in [1.82, 2.24) is 15.3 Å². The fraction of sp³-hybridized carbons (Fsp3) is 0.417. The quantitative estimate of drug-likeness (QED) is 0.564. The molecular weight excluding hydrogens is 245 g/mol. The van der Waals surface area contributed by atoms with Gasteiger partial charge in [-0.05, 0) is 24.6 Å². The molecule has 1 heterocycles. The SMILES string of the molecule is CN1CCN(NC(=O)c2ccc(B(O)O)cc2)CC1. The first-order valence-corrected chi connectivity index (χ1v) is 6.27. The lowest BCUT2D eigenvalue weighted by atomic mass is 9.80. The van der Waals surface area contributed by atoms with Crippen molar-refractivity contribution in [3.8, 4) is 0 Å². The van der Waals surface area contributed by atoms with Gasteiger partial charge in [-0.2, -0.15) is 0 Å². The highest BCUT2D eigenvalue weighted by molar-refractivity contribution is 6.58. The number of nitrogens with one attached hydrogen (secondary N) is 1. The van der Waals surface area contributed by atoms with E-state index in [1.54, 1.807) is 12.1 Å². The van der Waals surface area contributed by atoms with Crippen molar-refractivity contribution >= 4 is 18.5 Å². The zero-order chi connectivity index (χ0) is 13.8. The number of nitrogens with zero attached hydrogens (tertiary/aromatic N) is 2. The second-order valence-electron chi connectivity index (χ2n) is 4.73. The van der Waals surface area contributed by atoms with Crippen LogP contribution in [0.2, 0.25) is 0 Å². The molecular formula is C12H18BN3O3. The number of carbonyl (C=O) groups is 1. The third kappa shape index (κ3) is 3.78. The molecule has 19 heavy (non-hydrogen) atoms. The number of rotatable bonds is 3. The van der Waals surface area contributed by atoms with Crippen LogP contribution in [0.15, 0.2) is 24.3 Å². The lowest BCUT2D eigenvalue weighted by Gasteiger charge is -2.32. The van der Waals surface area contributed by atoms with Gasteiger partial charge < -0.3 is 14.9 Å². The zero-order valence-corrected chi connectivity index (χ0v) is 10.9. The molecule has 0 unspecified atom stereocenters. The average Bonchev–Trinajstić information content (AvgIpc) is 2.41. The number of hydrogen-bond donors (Lipinski definition) is 3. The Balaban J connectivity index is 1.92. The second kappa shape index (κ2) is 6.16. The maximum atomic E-state index is 12.0. The van der Waals surface area contributed by atoms with Crippen LogP contribution in [0.1, 0.15) is 10.4 Å². The van der Waals surface area contributed by atoms with E-state index in [1.807, 2.05) is 5.01 Å². The van der Waals surface area contributed by atoms with Crippen LogP contribution in [0.25, 0.3) is 0 Å². The predicted octanol–water partition coefficient (Wildman–Crippen LogP) is -1.74. The Morgan fingerprint density at radius 1 is 1.16 bits per heavy atom. The topological polar surface area (TPSA) is 76.0 Å². The molecule has 0 aliphatic carbocycles. The summed E-state index contributed by atoms with van der Waals surface area (Å²) in [6.07, 6.45) is 0. The molecule has 1 aromatic carbocycles. The maximum Gasteiger partial charge on any atom is 0.488 e. The van der Waals surface area contributed by atoms with Crippen LogP contribution in [-0.2, 0) is 0 Å². The molecule has 0 atom stereocenters. The van der Waals surface area contributed by atoms with Gasteiger partial charge in [-0.15, -0.1) is 0 Å².